The molecule has 1 heterocycles. The highest BCUT2D eigenvalue weighted by molar-refractivity contribution is 14.1. The molecule has 0 spiro atoms. The minimum atomic E-state index is -0.338. The first-order valence-corrected chi connectivity index (χ1v) is 3.98. The molecule has 1 fully saturated rings. The number of amides is 1. The first kappa shape index (κ1) is 8.06. The molecule has 1 rings (SSSR count). The van der Waals surface area contributed by atoms with Gasteiger partial charge in [-0.2, -0.15) is 0 Å². The number of carbonyl (C=O) groups excluding carboxylic acids is 1. The Morgan fingerprint density at radius 1 is 1.80 bits per heavy atom. The number of nitrogens with zero attached hydrogens (tertiary/aromatic N) is 1. The van der Waals surface area contributed by atoms with E-state index in [0.29, 0.717) is 0 Å². The Bertz CT molecular complexity index is 136. The van der Waals surface area contributed by atoms with Crippen LogP contribution in [-0.2, 0) is 4.74 Å². The fourth-order valence-electron chi connectivity index (χ4n) is 0.673. The first-order valence-electron chi connectivity index (χ1n) is 3.01. The van der Waals surface area contributed by atoms with Gasteiger partial charge in [0.1, 0.15) is 6.10 Å². The number of hydrogen-bond acceptors (Lipinski definition) is 3. The van der Waals surface area contributed by atoms with Gasteiger partial charge in [-0.05, 0) is 0 Å². The second-order valence-corrected chi connectivity index (χ2v) is 3.47. The molecule has 0 saturated carbocycles. The fraction of sp³-hybridized carbons (Fsp3) is 0.800. The Kier molecular flexibility index (Phi) is 2.72. The molecule has 0 aliphatic carbocycles. The van der Waals surface area contributed by atoms with E-state index in [1.165, 1.54) is 0 Å². The lowest BCUT2D eigenvalue weighted by Gasteiger charge is -2.32. The van der Waals surface area contributed by atoms with E-state index >= 15 is 0 Å². The van der Waals surface area contributed by atoms with Crippen LogP contribution in [0.2, 0.25) is 0 Å². The molecule has 58 valence electrons. The molecular weight excluding hydrogens is 247 g/mol. The fourth-order valence-corrected chi connectivity index (χ4v) is 1.55. The van der Waals surface area contributed by atoms with Crippen molar-refractivity contribution < 1.29 is 9.53 Å². The van der Waals surface area contributed by atoms with Crippen LogP contribution in [0.5, 0.6) is 0 Å². The molecule has 10 heavy (non-hydrogen) atoms. The smallest absolute Gasteiger partial charge is 0.407 e. The molecule has 0 unspecified atom stereocenters. The van der Waals surface area contributed by atoms with Gasteiger partial charge in [0.15, 0.2) is 0 Å². The van der Waals surface area contributed by atoms with Crippen molar-refractivity contribution in [1.82, 2.24) is 8.43 Å². The van der Waals surface area contributed by atoms with Gasteiger partial charge in [-0.25, -0.2) is 7.91 Å². The van der Waals surface area contributed by atoms with Crippen LogP contribution in [0, 0.1) is 0 Å². The molecule has 0 aromatic carbocycles. The number of hydrogen-bond donors (Lipinski definition) is 1. The number of ether oxygens (including phenoxy) is 1. The van der Waals surface area contributed by atoms with E-state index in [-0.39, 0.29) is 12.2 Å². The molecule has 1 N–H and O–H groups in total. The van der Waals surface area contributed by atoms with Crippen molar-refractivity contribution >= 4 is 29.0 Å². The Balaban J connectivity index is 2.10. The van der Waals surface area contributed by atoms with Crippen LogP contribution in [0.25, 0.3) is 0 Å². The Morgan fingerprint density at radius 2 is 2.40 bits per heavy atom. The summed E-state index contributed by atoms with van der Waals surface area (Å²) in [7, 11) is 1.56. The quantitative estimate of drug-likeness (QED) is 0.544. The predicted molar refractivity (Wildman–Crippen MR) is 44.9 cm³/mol. The summed E-state index contributed by atoms with van der Waals surface area (Å²) in [6, 6.07) is 0. The number of nitrogens with one attached hydrogen (secondary N) is 1. The van der Waals surface area contributed by atoms with Crippen molar-refractivity contribution in [2.75, 3.05) is 20.1 Å². The first-order chi connectivity index (χ1) is 4.72. The highest BCUT2D eigenvalue weighted by Gasteiger charge is 2.27. The second-order valence-electron chi connectivity index (χ2n) is 2.11. The maximum absolute atomic E-state index is 10.6. The van der Waals surface area contributed by atoms with Crippen LogP contribution in [-0.4, -0.2) is 35.4 Å². The van der Waals surface area contributed by atoms with Crippen LogP contribution in [0.3, 0.4) is 0 Å². The molecule has 0 bridgehead atoms. The van der Waals surface area contributed by atoms with Gasteiger partial charge in [-0.3, -0.25) is 0 Å². The van der Waals surface area contributed by atoms with Crippen molar-refractivity contribution in [3.8, 4) is 0 Å². The van der Waals surface area contributed by atoms with E-state index in [0.717, 1.165) is 13.1 Å². The number of rotatable bonds is 1. The maximum atomic E-state index is 10.6. The van der Waals surface area contributed by atoms with Crippen molar-refractivity contribution in [3.63, 3.8) is 0 Å². The van der Waals surface area contributed by atoms with Gasteiger partial charge >= 0.3 is 6.09 Å². The summed E-state index contributed by atoms with van der Waals surface area (Å²) >= 11 is 2.19. The standard InChI is InChI=1S/C5H9IN2O2/c1-7-5(9)10-4-2-8(6)3-4/h4H,2-3H2,1H3,(H,7,9). The molecule has 1 aliphatic rings. The van der Waals surface area contributed by atoms with Gasteiger partial charge in [0.2, 0.25) is 0 Å². The van der Waals surface area contributed by atoms with Crippen molar-refractivity contribution in [1.29, 1.82) is 0 Å². The molecule has 1 aliphatic heterocycles. The van der Waals surface area contributed by atoms with Crippen LogP contribution < -0.4 is 5.32 Å². The number of carbonyl (C=O) groups is 1. The van der Waals surface area contributed by atoms with Crippen LogP contribution in [0.15, 0.2) is 0 Å². The SMILES string of the molecule is CNC(=O)OC1CN(I)C1. The van der Waals surface area contributed by atoms with E-state index in [2.05, 4.69) is 31.3 Å². The monoisotopic (exact) mass is 256 g/mol. The summed E-state index contributed by atoms with van der Waals surface area (Å²) in [6.45, 7) is 1.68. The summed E-state index contributed by atoms with van der Waals surface area (Å²) in [5.74, 6) is 0. The minimum Gasteiger partial charge on any atom is -0.443 e. The Labute approximate surface area is 73.4 Å². The van der Waals surface area contributed by atoms with Gasteiger partial charge in [-0.15, -0.1) is 0 Å². The molecule has 1 amide bonds. The third-order valence-electron chi connectivity index (χ3n) is 1.28. The van der Waals surface area contributed by atoms with E-state index < -0.39 is 0 Å². The molecular formula is C5H9IN2O2. The average molecular weight is 256 g/mol. The van der Waals surface area contributed by atoms with Gasteiger partial charge in [0.05, 0.1) is 0 Å². The predicted octanol–water partition coefficient (Wildman–Crippen LogP) is 0.377. The van der Waals surface area contributed by atoms with E-state index in [1.807, 2.05) is 0 Å². The van der Waals surface area contributed by atoms with Crippen LogP contribution in [0.4, 0.5) is 4.79 Å². The van der Waals surface area contributed by atoms with Gasteiger partial charge in [0.25, 0.3) is 0 Å². The van der Waals surface area contributed by atoms with Crippen molar-refractivity contribution in [2.24, 2.45) is 0 Å². The van der Waals surface area contributed by atoms with E-state index in [4.69, 9.17) is 4.74 Å². The van der Waals surface area contributed by atoms with Gasteiger partial charge in [0, 0.05) is 43.0 Å². The highest BCUT2D eigenvalue weighted by atomic mass is 127. The summed E-state index contributed by atoms with van der Waals surface area (Å²) in [4.78, 5) is 10.6. The summed E-state index contributed by atoms with van der Waals surface area (Å²) in [6.07, 6.45) is -0.244. The number of alkyl carbamates (subject to hydrolysis) is 1. The third-order valence-corrected chi connectivity index (χ3v) is 2.07. The molecule has 0 aromatic heterocycles. The lowest BCUT2D eigenvalue weighted by molar-refractivity contribution is 0.0400. The zero-order valence-corrected chi connectivity index (χ0v) is 7.79. The molecule has 0 radical (unpaired) electrons. The second kappa shape index (κ2) is 3.38. The minimum absolute atomic E-state index is 0.0943. The van der Waals surface area contributed by atoms with E-state index in [1.54, 1.807) is 7.05 Å². The topological polar surface area (TPSA) is 41.6 Å². The Hall–Kier alpha value is -0.0400. The lowest BCUT2D eigenvalue weighted by Crippen LogP contribution is -2.48. The maximum Gasteiger partial charge on any atom is 0.407 e. The van der Waals surface area contributed by atoms with Crippen molar-refractivity contribution in [2.45, 2.75) is 6.10 Å². The van der Waals surface area contributed by atoms with Gasteiger partial charge < -0.3 is 10.1 Å². The summed E-state index contributed by atoms with van der Waals surface area (Å²) in [5, 5.41) is 2.40. The highest BCUT2D eigenvalue weighted by Crippen LogP contribution is 2.15. The molecule has 1 saturated heterocycles. The molecule has 0 aromatic rings. The Morgan fingerprint density at radius 3 is 2.80 bits per heavy atom. The lowest BCUT2D eigenvalue weighted by atomic mass is 10.2. The summed E-state index contributed by atoms with van der Waals surface area (Å²) in [5.41, 5.74) is 0. The zero-order chi connectivity index (χ0) is 7.56. The molecule has 0 atom stereocenters. The van der Waals surface area contributed by atoms with Gasteiger partial charge in [-0.1, -0.05) is 0 Å². The number of halogens is 1. The molecule has 4 nitrogen and oxygen atoms in total. The van der Waals surface area contributed by atoms with Crippen LogP contribution >= 0.6 is 22.9 Å². The van der Waals surface area contributed by atoms with E-state index in [9.17, 15) is 4.79 Å². The third kappa shape index (κ3) is 1.98. The summed E-state index contributed by atoms with van der Waals surface area (Å²) < 4.78 is 6.97. The normalized spacial score (nSPS) is 19.8. The largest absolute Gasteiger partial charge is 0.443 e. The molecule has 5 heteroatoms. The zero-order valence-electron chi connectivity index (χ0n) is 5.63. The average Bonchev–Trinajstić information content (AvgIpc) is 1.84. The van der Waals surface area contributed by atoms with Crippen molar-refractivity contribution in [3.05, 3.63) is 0 Å². The van der Waals surface area contributed by atoms with Crippen LogP contribution in [0.1, 0.15) is 0 Å².